The molecule has 1 saturated heterocycles. The van der Waals surface area contributed by atoms with Crippen molar-refractivity contribution in [2.45, 2.75) is 38.7 Å². The average Bonchev–Trinajstić information content (AvgIpc) is 2.02. The molecule has 2 unspecified atom stereocenters. The molecule has 0 aliphatic carbocycles. The van der Waals surface area contributed by atoms with Gasteiger partial charge in [-0.1, -0.05) is 13.8 Å². The van der Waals surface area contributed by atoms with Crippen molar-refractivity contribution in [3.63, 3.8) is 0 Å². The third-order valence-electron chi connectivity index (χ3n) is 2.80. The van der Waals surface area contributed by atoms with Crippen LogP contribution in [0.15, 0.2) is 0 Å². The summed E-state index contributed by atoms with van der Waals surface area (Å²) >= 11 is 0. The maximum absolute atomic E-state index is 12.4. The van der Waals surface area contributed by atoms with Gasteiger partial charge in [-0.05, 0) is 12.8 Å². The van der Waals surface area contributed by atoms with Gasteiger partial charge in [0.2, 0.25) is 0 Å². The van der Waals surface area contributed by atoms with Gasteiger partial charge in [0.25, 0.3) is 0 Å². The van der Waals surface area contributed by atoms with Crippen molar-refractivity contribution in [3.8, 4) is 0 Å². The largest absolute Gasteiger partial charge is 0.415 e. The maximum Gasteiger partial charge on any atom is 0.415 e. The average molecular weight is 211 g/mol. The van der Waals surface area contributed by atoms with Gasteiger partial charge in [0.1, 0.15) is 0 Å². The summed E-state index contributed by atoms with van der Waals surface area (Å²) in [6.07, 6.45) is -5.95. The van der Waals surface area contributed by atoms with Crippen LogP contribution in [0.3, 0.4) is 0 Å². The lowest BCUT2D eigenvalue weighted by Gasteiger charge is -2.42. The number of nitrogens with one attached hydrogen (secondary N) is 1. The highest BCUT2D eigenvalue weighted by Gasteiger charge is 2.47. The minimum atomic E-state index is -4.27. The molecule has 2 nitrogen and oxygen atoms in total. The molecule has 1 fully saturated rings. The molecule has 0 aromatic carbocycles. The zero-order valence-electron chi connectivity index (χ0n) is 8.61. The van der Waals surface area contributed by atoms with Crippen LogP contribution in [0.1, 0.15) is 20.8 Å². The predicted octanol–water partition coefficient (Wildman–Crippen LogP) is 1.95. The van der Waals surface area contributed by atoms with Crippen molar-refractivity contribution in [1.82, 2.24) is 5.32 Å². The van der Waals surface area contributed by atoms with Crippen molar-refractivity contribution in [2.24, 2.45) is 5.92 Å². The Labute approximate surface area is 81.8 Å². The summed E-state index contributed by atoms with van der Waals surface area (Å²) in [4.78, 5) is 0. The van der Waals surface area contributed by atoms with Crippen LogP contribution in [-0.4, -0.2) is 31.0 Å². The smallest absolute Gasteiger partial charge is 0.360 e. The Hall–Kier alpha value is -0.290. The van der Waals surface area contributed by atoms with Crippen molar-refractivity contribution < 1.29 is 17.9 Å². The highest BCUT2D eigenvalue weighted by molar-refractivity contribution is 4.89. The highest BCUT2D eigenvalue weighted by atomic mass is 19.4. The second kappa shape index (κ2) is 3.70. The fraction of sp³-hybridized carbons (Fsp3) is 1.00. The molecule has 0 aromatic heterocycles. The van der Waals surface area contributed by atoms with E-state index in [1.807, 2.05) is 13.8 Å². The van der Waals surface area contributed by atoms with Crippen LogP contribution in [0.25, 0.3) is 0 Å². The van der Waals surface area contributed by atoms with E-state index in [0.29, 0.717) is 6.54 Å². The standard InChI is InChI=1S/C9H16F3NO/c1-6(2)8(3)5-13-4-7(14-8)9(10,11)12/h6-7,13H,4-5H2,1-3H3. The van der Waals surface area contributed by atoms with Crippen LogP contribution in [0.5, 0.6) is 0 Å². The van der Waals surface area contributed by atoms with Gasteiger partial charge in [0.15, 0.2) is 6.10 Å². The second-order valence-electron chi connectivity index (χ2n) is 4.25. The summed E-state index contributed by atoms with van der Waals surface area (Å²) in [5.41, 5.74) is -0.724. The predicted molar refractivity (Wildman–Crippen MR) is 47.0 cm³/mol. The van der Waals surface area contributed by atoms with Crippen molar-refractivity contribution in [3.05, 3.63) is 0 Å². The second-order valence-corrected chi connectivity index (χ2v) is 4.25. The Bertz CT molecular complexity index is 205. The van der Waals surface area contributed by atoms with E-state index in [1.165, 1.54) is 0 Å². The number of halogens is 3. The topological polar surface area (TPSA) is 21.3 Å². The van der Waals surface area contributed by atoms with Crippen molar-refractivity contribution >= 4 is 0 Å². The van der Waals surface area contributed by atoms with E-state index >= 15 is 0 Å². The Kier molecular flexibility index (Phi) is 3.11. The number of hydrogen-bond donors (Lipinski definition) is 1. The summed E-state index contributed by atoms with van der Waals surface area (Å²) in [7, 11) is 0. The van der Waals surface area contributed by atoms with E-state index in [9.17, 15) is 13.2 Å². The SMILES string of the molecule is CC(C)C1(C)CNCC(C(F)(F)F)O1. The molecule has 1 aliphatic rings. The van der Waals surface area contributed by atoms with Gasteiger partial charge in [-0.15, -0.1) is 0 Å². The van der Waals surface area contributed by atoms with Gasteiger partial charge in [0.05, 0.1) is 5.60 Å². The molecule has 0 radical (unpaired) electrons. The molecule has 0 spiro atoms. The number of hydrogen-bond acceptors (Lipinski definition) is 2. The van der Waals surface area contributed by atoms with Gasteiger partial charge in [-0.2, -0.15) is 13.2 Å². The number of ether oxygens (including phenoxy) is 1. The molecule has 14 heavy (non-hydrogen) atoms. The molecule has 0 aromatic rings. The minimum Gasteiger partial charge on any atom is -0.360 e. The molecule has 0 saturated carbocycles. The van der Waals surface area contributed by atoms with E-state index in [-0.39, 0.29) is 12.5 Å². The summed E-state index contributed by atoms with van der Waals surface area (Å²) < 4.78 is 42.3. The van der Waals surface area contributed by atoms with Gasteiger partial charge in [-0.25, -0.2) is 0 Å². The molecule has 1 heterocycles. The van der Waals surface area contributed by atoms with Crippen LogP contribution >= 0.6 is 0 Å². The molecule has 0 bridgehead atoms. The molecule has 1 aliphatic heterocycles. The first-order valence-electron chi connectivity index (χ1n) is 4.71. The van der Waals surface area contributed by atoms with E-state index in [2.05, 4.69) is 5.32 Å². The first-order valence-corrected chi connectivity index (χ1v) is 4.71. The van der Waals surface area contributed by atoms with Crippen LogP contribution in [0.4, 0.5) is 13.2 Å². The zero-order chi connectivity index (χ0) is 11.0. The fourth-order valence-corrected chi connectivity index (χ4v) is 1.38. The normalized spacial score (nSPS) is 34.9. The van der Waals surface area contributed by atoms with E-state index in [4.69, 9.17) is 4.74 Å². The number of morpholine rings is 1. The van der Waals surface area contributed by atoms with E-state index in [0.717, 1.165) is 0 Å². The molecular weight excluding hydrogens is 195 g/mol. The summed E-state index contributed by atoms with van der Waals surface area (Å²) in [5.74, 6) is 0.0557. The molecule has 84 valence electrons. The Morgan fingerprint density at radius 2 is 2.00 bits per heavy atom. The van der Waals surface area contributed by atoms with Gasteiger partial charge in [0, 0.05) is 13.1 Å². The van der Waals surface area contributed by atoms with Gasteiger partial charge >= 0.3 is 6.18 Å². The third-order valence-corrected chi connectivity index (χ3v) is 2.80. The maximum atomic E-state index is 12.4. The lowest BCUT2D eigenvalue weighted by atomic mass is 9.90. The Morgan fingerprint density at radius 1 is 1.43 bits per heavy atom. The monoisotopic (exact) mass is 211 g/mol. The Morgan fingerprint density at radius 3 is 2.43 bits per heavy atom. The summed E-state index contributed by atoms with van der Waals surface area (Å²) in [6, 6.07) is 0. The molecule has 0 amide bonds. The molecule has 1 rings (SSSR count). The van der Waals surface area contributed by atoms with Crippen molar-refractivity contribution in [1.29, 1.82) is 0 Å². The third kappa shape index (κ3) is 2.39. The highest BCUT2D eigenvalue weighted by Crippen LogP contribution is 2.32. The van der Waals surface area contributed by atoms with Crippen LogP contribution < -0.4 is 5.32 Å². The summed E-state index contributed by atoms with van der Waals surface area (Å²) in [5, 5.41) is 2.77. The van der Waals surface area contributed by atoms with E-state index < -0.39 is 17.9 Å². The molecule has 1 N–H and O–H groups in total. The molecule has 5 heteroatoms. The van der Waals surface area contributed by atoms with Crippen LogP contribution in [-0.2, 0) is 4.74 Å². The number of alkyl halides is 3. The quantitative estimate of drug-likeness (QED) is 0.715. The first-order chi connectivity index (χ1) is 6.26. The van der Waals surface area contributed by atoms with Crippen molar-refractivity contribution in [2.75, 3.05) is 13.1 Å². The van der Waals surface area contributed by atoms with Crippen LogP contribution in [0, 0.1) is 5.92 Å². The lowest BCUT2D eigenvalue weighted by molar-refractivity contribution is -0.266. The zero-order valence-corrected chi connectivity index (χ0v) is 8.61. The first kappa shape index (κ1) is 11.8. The fourth-order valence-electron chi connectivity index (χ4n) is 1.38. The lowest BCUT2D eigenvalue weighted by Crippen LogP contribution is -2.58. The van der Waals surface area contributed by atoms with Crippen LogP contribution in [0.2, 0.25) is 0 Å². The van der Waals surface area contributed by atoms with Gasteiger partial charge in [-0.3, -0.25) is 0 Å². The number of rotatable bonds is 1. The van der Waals surface area contributed by atoms with E-state index in [1.54, 1.807) is 6.92 Å². The summed E-state index contributed by atoms with van der Waals surface area (Å²) in [6.45, 7) is 5.76. The molecule has 2 atom stereocenters. The molecular formula is C9H16F3NO. The minimum absolute atomic E-state index is 0.0557. The van der Waals surface area contributed by atoms with Gasteiger partial charge < -0.3 is 10.1 Å². The Balaban J connectivity index is 2.69.